The van der Waals surface area contributed by atoms with Crippen LogP contribution in [0.1, 0.15) is 87.1 Å². The molecule has 2 heterocycles. The Morgan fingerprint density at radius 2 is 1.04 bits per heavy atom. The molecular weight excluding hydrogens is 1150 g/mol. The topological polar surface area (TPSA) is 274 Å². The molecule has 24 nitrogen and oxygen atoms in total. The van der Waals surface area contributed by atoms with Crippen LogP contribution in [0, 0.1) is 5.82 Å². The largest absolute Gasteiger partial charge is 0.468 e. The Balaban J connectivity index is 0.818. The number of Topliss-reactive ketones (excluding diaryl/α,β-unsaturated/α-hetero) is 1. The normalized spacial score (nSPS) is 13.8. The Morgan fingerprint density at radius 1 is 0.551 bits per heavy atom. The molecule has 3 aromatic rings. The van der Waals surface area contributed by atoms with E-state index in [1.165, 1.54) is 43.2 Å². The third kappa shape index (κ3) is 29.5. The van der Waals surface area contributed by atoms with Gasteiger partial charge in [-0.2, -0.15) is 0 Å². The quantitative estimate of drug-likeness (QED) is 0.0308. The molecule has 492 valence electrons. The van der Waals surface area contributed by atoms with E-state index in [0.29, 0.717) is 181 Å². The number of carbonyl (C=O) groups excluding carboxylic acids is 8. The minimum Gasteiger partial charge on any atom is -0.468 e. The van der Waals surface area contributed by atoms with Crippen molar-refractivity contribution in [3.05, 3.63) is 95.8 Å². The second-order valence-corrected chi connectivity index (χ2v) is 21.7. The number of rotatable bonds is 47. The number of amides is 6. The third-order valence-corrected chi connectivity index (χ3v) is 14.8. The summed E-state index contributed by atoms with van der Waals surface area (Å²) >= 11 is 0. The molecule has 2 aliphatic rings. The lowest BCUT2D eigenvalue weighted by molar-refractivity contribution is -0.142. The number of esters is 1. The maximum Gasteiger partial charge on any atom is 0.319 e. The number of anilines is 2. The van der Waals surface area contributed by atoms with Gasteiger partial charge < -0.3 is 74.4 Å². The highest BCUT2D eigenvalue weighted by Gasteiger charge is 2.53. The first-order valence-electron chi connectivity index (χ1n) is 31.1. The van der Waals surface area contributed by atoms with Crippen LogP contribution in [0.4, 0.5) is 15.8 Å². The maximum atomic E-state index is 14.3. The summed E-state index contributed by atoms with van der Waals surface area (Å²) < 4.78 is 51.2. The van der Waals surface area contributed by atoms with Crippen LogP contribution in [-0.4, -0.2) is 232 Å². The number of hydrogen-bond donors (Lipinski definition) is 5. The number of methoxy groups -OCH3 is 1. The van der Waals surface area contributed by atoms with Crippen LogP contribution in [0.5, 0.6) is 0 Å². The first-order valence-corrected chi connectivity index (χ1v) is 31.1. The van der Waals surface area contributed by atoms with Crippen molar-refractivity contribution in [3.63, 3.8) is 0 Å². The van der Waals surface area contributed by atoms with Crippen LogP contribution < -0.4 is 31.5 Å². The number of nitrogens with one attached hydrogen (secondary N) is 5. The highest BCUT2D eigenvalue weighted by Crippen LogP contribution is 2.39. The fraction of sp³-hybridized carbons (Fsp3) is 0.594. The number of ether oxygens (including phenoxy) is 7. The lowest BCUT2D eigenvalue weighted by atomic mass is 9.85. The summed E-state index contributed by atoms with van der Waals surface area (Å²) in [5, 5.41) is 13.9. The van der Waals surface area contributed by atoms with Crippen molar-refractivity contribution in [1.82, 2.24) is 36.0 Å². The average molecular weight is 1250 g/mol. The van der Waals surface area contributed by atoms with Crippen molar-refractivity contribution >= 4 is 58.6 Å². The van der Waals surface area contributed by atoms with Crippen molar-refractivity contribution in [2.24, 2.45) is 0 Å². The molecule has 2 aliphatic heterocycles. The number of halogens is 1. The van der Waals surface area contributed by atoms with Gasteiger partial charge in [0.15, 0.2) is 5.78 Å². The second kappa shape index (κ2) is 42.9. The van der Waals surface area contributed by atoms with Gasteiger partial charge in [-0.25, -0.2) is 4.39 Å². The number of ketones is 1. The first-order chi connectivity index (χ1) is 43.2. The molecule has 0 radical (unpaired) electrons. The Kier molecular flexibility index (Phi) is 35.1. The molecule has 2 saturated heterocycles. The van der Waals surface area contributed by atoms with E-state index in [9.17, 15) is 42.7 Å². The van der Waals surface area contributed by atoms with E-state index in [1.807, 2.05) is 47.4 Å². The van der Waals surface area contributed by atoms with Gasteiger partial charge in [0, 0.05) is 115 Å². The third-order valence-electron chi connectivity index (χ3n) is 14.8. The van der Waals surface area contributed by atoms with Crippen molar-refractivity contribution in [1.29, 1.82) is 0 Å². The summed E-state index contributed by atoms with van der Waals surface area (Å²) in [6, 6.07) is 23.3. The molecule has 2 fully saturated rings. The highest BCUT2D eigenvalue weighted by molar-refractivity contribution is 5.96. The Labute approximate surface area is 522 Å². The zero-order chi connectivity index (χ0) is 63.7. The molecule has 5 rings (SSSR count). The minimum absolute atomic E-state index is 0.00317. The van der Waals surface area contributed by atoms with E-state index in [-0.39, 0.29) is 79.5 Å². The van der Waals surface area contributed by atoms with Gasteiger partial charge in [0.05, 0.1) is 86.3 Å². The van der Waals surface area contributed by atoms with Gasteiger partial charge >= 0.3 is 5.97 Å². The first kappa shape index (κ1) is 72.8. The summed E-state index contributed by atoms with van der Waals surface area (Å²) in [5.74, 6) is -2.09. The van der Waals surface area contributed by atoms with E-state index in [2.05, 4.69) is 48.5 Å². The number of hydrogen-bond acceptors (Lipinski definition) is 18. The molecule has 0 atom stereocenters. The van der Waals surface area contributed by atoms with E-state index < -0.39 is 11.5 Å². The molecule has 1 spiro atoms. The van der Waals surface area contributed by atoms with Crippen molar-refractivity contribution in [2.45, 2.75) is 83.1 Å². The Hall–Kier alpha value is -6.97. The molecule has 5 N–H and O–H groups in total. The molecule has 3 aromatic carbocycles. The molecule has 0 saturated carbocycles. The monoisotopic (exact) mass is 1250 g/mol. The van der Waals surface area contributed by atoms with Crippen molar-refractivity contribution in [3.8, 4) is 0 Å². The van der Waals surface area contributed by atoms with Crippen LogP contribution in [-0.2, 0) is 73.1 Å². The smallest absolute Gasteiger partial charge is 0.319 e. The predicted octanol–water partition coefficient (Wildman–Crippen LogP) is 3.51. The Bertz CT molecular complexity index is 2580. The van der Waals surface area contributed by atoms with Gasteiger partial charge in [-0.1, -0.05) is 30.3 Å². The zero-order valence-corrected chi connectivity index (χ0v) is 52.0. The number of likely N-dealkylation sites (tertiary alicyclic amines) is 1. The van der Waals surface area contributed by atoms with E-state index in [4.69, 9.17) is 33.2 Å². The van der Waals surface area contributed by atoms with E-state index in [0.717, 1.165) is 37.3 Å². The SMILES string of the molecule is COC(=O)CN(CC(=O)NCCCOCCOCCOCCCNC(C)=O)CC(=O)NCCCOCCOCCOCCCNC(=O)CCC(=O)Nc1ccc(CCN2CN(c3ccccc3)C3(CCN(CCCC(=O)c4ccc(F)cc4)CC3)C2=O)cc1. The fourth-order valence-electron chi connectivity index (χ4n) is 9.98. The van der Waals surface area contributed by atoms with Gasteiger partial charge in [-0.3, -0.25) is 43.3 Å². The molecule has 0 bridgehead atoms. The second-order valence-electron chi connectivity index (χ2n) is 21.7. The summed E-state index contributed by atoms with van der Waals surface area (Å²) in [6.07, 6.45) is 5.54. The fourth-order valence-corrected chi connectivity index (χ4v) is 9.98. The summed E-state index contributed by atoms with van der Waals surface area (Å²) in [7, 11) is 1.24. The molecule has 6 amide bonds. The van der Waals surface area contributed by atoms with Gasteiger partial charge in [-0.05, 0) is 112 Å². The standard InChI is InChI=1S/C64H94FN9O15/c1-51(75)66-27-7-35-84-39-43-88-45-41-86-37-9-29-68-60(79)47-72(49-62(81)83-2)48-61(80)69-30-10-38-87-42-46-89-44-40-85-36-8-28-67-58(77)22-23-59(78)70-55-20-14-52(15-21-55)24-32-73-50-74(56-11-4-3-5-12-56)64(63(73)82)25-33-71(34-26-64)31-6-13-57(76)53-16-18-54(65)19-17-53/h3-5,11-12,14-21H,6-10,13,22-50H2,1-2H3,(H,66,75)(H,67,77)(H,68,79)(H,69,80)(H,70,78). The highest BCUT2D eigenvalue weighted by atomic mass is 19.1. The number of nitrogens with zero attached hydrogens (tertiary/aromatic N) is 4. The molecule has 25 heteroatoms. The molecular formula is C64H94FN9O15. The lowest BCUT2D eigenvalue weighted by Gasteiger charge is -2.43. The number of piperidine rings is 1. The summed E-state index contributed by atoms with van der Waals surface area (Å²) in [4.78, 5) is 108. The van der Waals surface area contributed by atoms with Crippen LogP contribution in [0.3, 0.4) is 0 Å². The molecule has 0 unspecified atom stereocenters. The van der Waals surface area contributed by atoms with Crippen molar-refractivity contribution < 1.29 is 75.9 Å². The summed E-state index contributed by atoms with van der Waals surface area (Å²) in [5.41, 5.74) is 2.51. The van der Waals surface area contributed by atoms with Gasteiger partial charge in [0.25, 0.3) is 0 Å². The average Bonchev–Trinajstić information content (AvgIpc) is 1.64. The zero-order valence-electron chi connectivity index (χ0n) is 52.0. The van der Waals surface area contributed by atoms with Crippen LogP contribution in [0.2, 0.25) is 0 Å². The Morgan fingerprint density at radius 3 is 1.56 bits per heavy atom. The van der Waals surface area contributed by atoms with Crippen LogP contribution >= 0.6 is 0 Å². The molecule has 89 heavy (non-hydrogen) atoms. The van der Waals surface area contributed by atoms with Crippen LogP contribution in [0.15, 0.2) is 78.9 Å². The number of benzene rings is 3. The maximum absolute atomic E-state index is 14.3. The van der Waals surface area contributed by atoms with Gasteiger partial charge in [0.2, 0.25) is 35.4 Å². The van der Waals surface area contributed by atoms with E-state index in [1.54, 1.807) is 0 Å². The van der Waals surface area contributed by atoms with Crippen molar-refractivity contribution in [2.75, 3.05) is 175 Å². The summed E-state index contributed by atoms with van der Waals surface area (Å²) in [6.45, 7) is 10.7. The predicted molar refractivity (Wildman–Crippen MR) is 331 cm³/mol. The molecule has 0 aromatic heterocycles. The van der Waals surface area contributed by atoms with Gasteiger partial charge in [-0.15, -0.1) is 0 Å². The molecule has 0 aliphatic carbocycles. The number of carbonyl (C=O) groups is 8. The lowest BCUT2D eigenvalue weighted by Crippen LogP contribution is -2.56. The number of para-hydroxylation sites is 1. The minimum atomic E-state index is -0.655. The van der Waals surface area contributed by atoms with Gasteiger partial charge in [0.1, 0.15) is 11.4 Å². The van der Waals surface area contributed by atoms with Crippen LogP contribution in [0.25, 0.3) is 0 Å². The van der Waals surface area contributed by atoms with E-state index >= 15 is 0 Å².